The summed E-state index contributed by atoms with van der Waals surface area (Å²) in [6.45, 7) is 2.28. The van der Waals surface area contributed by atoms with Crippen molar-refractivity contribution in [2.75, 3.05) is 18.8 Å². The molecular weight excluding hydrogens is 556 g/mol. The van der Waals surface area contributed by atoms with Gasteiger partial charge in [-0.1, -0.05) is 0 Å². The van der Waals surface area contributed by atoms with Gasteiger partial charge in [0.25, 0.3) is 11.8 Å². The lowest BCUT2D eigenvalue weighted by Crippen LogP contribution is -2.42. The Balaban J connectivity index is 1.44. The zero-order chi connectivity index (χ0) is 29.8. The molecule has 0 unspecified atom stereocenters. The van der Waals surface area contributed by atoms with Crippen molar-refractivity contribution < 1.29 is 35.9 Å². The monoisotopic (exact) mass is 577 g/mol. The van der Waals surface area contributed by atoms with Crippen molar-refractivity contribution in [1.82, 2.24) is 29.8 Å². The van der Waals surface area contributed by atoms with Gasteiger partial charge in [-0.15, -0.1) is 0 Å². The number of carbonyl (C=O) groups excluding carboxylic acids is 2. The van der Waals surface area contributed by atoms with E-state index < -0.39 is 70.8 Å². The SMILES string of the molecule is Cc1nc(C)c(-c2cc(C(F)(F)F)c3c(N)ncnn23)cc1C(=O)N[C@@H]1CN(C(=O)c2ccc(F)cc2F)C[C@@H]1F. The molecule has 9 nitrogen and oxygen atoms in total. The van der Waals surface area contributed by atoms with Crippen molar-refractivity contribution in [3.63, 3.8) is 0 Å². The van der Waals surface area contributed by atoms with Gasteiger partial charge in [-0.2, -0.15) is 18.3 Å². The lowest BCUT2D eigenvalue weighted by Gasteiger charge is -2.18. The van der Waals surface area contributed by atoms with Crippen LogP contribution in [0, 0.1) is 25.5 Å². The molecule has 3 N–H and O–H groups in total. The summed E-state index contributed by atoms with van der Waals surface area (Å²) in [6, 6.07) is 3.34. The lowest BCUT2D eigenvalue weighted by atomic mass is 10.0. The third-order valence-electron chi connectivity index (χ3n) is 6.83. The number of rotatable bonds is 4. The van der Waals surface area contributed by atoms with Crippen LogP contribution in [0.4, 0.5) is 32.2 Å². The van der Waals surface area contributed by atoms with Crippen LogP contribution in [-0.4, -0.2) is 61.6 Å². The van der Waals surface area contributed by atoms with E-state index in [1.54, 1.807) is 0 Å². The average Bonchev–Trinajstić information content (AvgIpc) is 3.45. The molecule has 1 aromatic carbocycles. The molecule has 0 saturated carbocycles. The topological polar surface area (TPSA) is 119 Å². The predicted octanol–water partition coefficient (Wildman–Crippen LogP) is 3.88. The fraction of sp³-hybridized carbons (Fsp3) is 0.269. The van der Waals surface area contributed by atoms with Crippen LogP contribution >= 0.6 is 0 Å². The van der Waals surface area contributed by atoms with Crippen molar-refractivity contribution in [1.29, 1.82) is 0 Å². The Kier molecular flexibility index (Phi) is 6.83. The van der Waals surface area contributed by atoms with Crippen molar-refractivity contribution in [2.45, 2.75) is 32.2 Å². The molecule has 1 saturated heterocycles. The van der Waals surface area contributed by atoms with Crippen molar-refractivity contribution in [3.8, 4) is 11.3 Å². The van der Waals surface area contributed by atoms with Crippen LogP contribution in [0.5, 0.6) is 0 Å². The first kappa shape index (κ1) is 27.9. The highest BCUT2D eigenvalue weighted by atomic mass is 19.4. The number of aryl methyl sites for hydroxylation is 2. The summed E-state index contributed by atoms with van der Waals surface area (Å²) < 4.78 is 84.5. The zero-order valence-electron chi connectivity index (χ0n) is 21.4. The summed E-state index contributed by atoms with van der Waals surface area (Å²) in [6.07, 6.45) is -5.51. The van der Waals surface area contributed by atoms with Gasteiger partial charge in [0.15, 0.2) is 5.82 Å². The first-order chi connectivity index (χ1) is 19.3. The van der Waals surface area contributed by atoms with E-state index in [-0.39, 0.29) is 34.8 Å². The van der Waals surface area contributed by atoms with Crippen LogP contribution in [0.1, 0.15) is 37.7 Å². The minimum absolute atomic E-state index is 0.0530. The molecule has 15 heteroatoms. The molecule has 41 heavy (non-hydrogen) atoms. The molecule has 0 bridgehead atoms. The van der Waals surface area contributed by atoms with Gasteiger partial charge >= 0.3 is 6.18 Å². The molecule has 214 valence electrons. The maximum atomic E-state index is 14.9. The van der Waals surface area contributed by atoms with Gasteiger partial charge in [-0.05, 0) is 38.1 Å². The summed E-state index contributed by atoms with van der Waals surface area (Å²) >= 11 is 0. The van der Waals surface area contributed by atoms with Gasteiger partial charge in [-0.3, -0.25) is 14.6 Å². The highest BCUT2D eigenvalue weighted by Crippen LogP contribution is 2.39. The molecule has 0 radical (unpaired) electrons. The molecule has 1 fully saturated rings. The number of nitrogens with one attached hydrogen (secondary N) is 1. The van der Waals surface area contributed by atoms with E-state index in [4.69, 9.17) is 5.73 Å². The number of benzene rings is 1. The van der Waals surface area contributed by atoms with Crippen LogP contribution in [0.2, 0.25) is 0 Å². The maximum absolute atomic E-state index is 14.9. The summed E-state index contributed by atoms with van der Waals surface area (Å²) in [5, 5.41) is 6.39. The Morgan fingerprint density at radius 1 is 1.05 bits per heavy atom. The van der Waals surface area contributed by atoms with Crippen LogP contribution in [0.3, 0.4) is 0 Å². The molecular formula is C26H21F6N7O2. The number of hydrogen-bond acceptors (Lipinski definition) is 6. The van der Waals surface area contributed by atoms with Crippen LogP contribution in [0.15, 0.2) is 36.7 Å². The van der Waals surface area contributed by atoms with Gasteiger partial charge in [0.05, 0.1) is 40.7 Å². The first-order valence-corrected chi connectivity index (χ1v) is 12.1. The van der Waals surface area contributed by atoms with Gasteiger partial charge in [-0.25, -0.2) is 22.7 Å². The molecule has 4 aromatic rings. The fourth-order valence-corrected chi connectivity index (χ4v) is 4.84. The maximum Gasteiger partial charge on any atom is 0.418 e. The number of fused-ring (bicyclic) bond motifs is 1. The third kappa shape index (κ3) is 5.02. The highest BCUT2D eigenvalue weighted by Gasteiger charge is 2.39. The smallest absolute Gasteiger partial charge is 0.382 e. The third-order valence-corrected chi connectivity index (χ3v) is 6.83. The Morgan fingerprint density at radius 2 is 1.78 bits per heavy atom. The van der Waals surface area contributed by atoms with Crippen LogP contribution in [0.25, 0.3) is 16.8 Å². The molecule has 2 atom stereocenters. The van der Waals surface area contributed by atoms with Gasteiger partial charge in [0, 0.05) is 23.9 Å². The van der Waals surface area contributed by atoms with Crippen LogP contribution < -0.4 is 11.1 Å². The molecule has 1 aliphatic heterocycles. The molecule has 0 aliphatic carbocycles. The number of aromatic nitrogens is 4. The van der Waals surface area contributed by atoms with E-state index >= 15 is 0 Å². The number of amides is 2. The van der Waals surface area contributed by atoms with Crippen molar-refractivity contribution in [3.05, 3.63) is 76.4 Å². The number of hydrogen-bond donors (Lipinski definition) is 2. The number of likely N-dealkylation sites (tertiary alicyclic amines) is 1. The van der Waals surface area contributed by atoms with E-state index in [9.17, 15) is 35.9 Å². The zero-order valence-corrected chi connectivity index (χ0v) is 21.4. The summed E-state index contributed by atoms with van der Waals surface area (Å²) in [5.74, 6) is -4.06. The van der Waals surface area contributed by atoms with E-state index in [1.807, 2.05) is 0 Å². The average molecular weight is 577 g/mol. The molecule has 2 amide bonds. The molecule has 4 heterocycles. The number of halogens is 6. The quantitative estimate of drug-likeness (QED) is 0.356. The number of alkyl halides is 4. The number of nitrogen functional groups attached to an aromatic ring is 1. The first-order valence-electron chi connectivity index (χ1n) is 12.1. The summed E-state index contributed by atoms with van der Waals surface area (Å²) in [5.41, 5.74) is 4.25. The van der Waals surface area contributed by atoms with Gasteiger partial charge in [0.2, 0.25) is 0 Å². The summed E-state index contributed by atoms with van der Waals surface area (Å²) in [7, 11) is 0. The second kappa shape index (κ2) is 10.1. The summed E-state index contributed by atoms with van der Waals surface area (Å²) in [4.78, 5) is 34.9. The van der Waals surface area contributed by atoms with E-state index in [1.165, 1.54) is 19.9 Å². The molecule has 3 aromatic heterocycles. The number of anilines is 1. The number of pyridine rings is 1. The van der Waals surface area contributed by atoms with Gasteiger partial charge in [0.1, 0.15) is 29.7 Å². The minimum Gasteiger partial charge on any atom is -0.382 e. The minimum atomic E-state index is -4.78. The van der Waals surface area contributed by atoms with E-state index in [0.29, 0.717) is 6.07 Å². The normalized spacial score (nSPS) is 17.3. The number of nitrogens with two attached hydrogens (primary N) is 1. The predicted molar refractivity (Wildman–Crippen MR) is 134 cm³/mol. The Hall–Kier alpha value is -4.69. The number of nitrogens with zero attached hydrogens (tertiary/aromatic N) is 5. The molecule has 5 rings (SSSR count). The standard InChI is InChI=1S/C26H21F6N7O2/c1-11-15(21-7-17(26(30,31)32)22-23(33)34-10-35-39(21)22)6-16(12(2)36-11)24(40)37-20-9-38(8-19(20)29)25(41)14-4-3-13(27)5-18(14)28/h3-7,10,19-20H,8-9H2,1-2H3,(H,37,40)(H2,33,34,35)/t19-,20+/m0/s1. The Morgan fingerprint density at radius 3 is 2.46 bits per heavy atom. The lowest BCUT2D eigenvalue weighted by molar-refractivity contribution is -0.136. The van der Waals surface area contributed by atoms with E-state index in [0.717, 1.165) is 33.9 Å². The van der Waals surface area contributed by atoms with Crippen LogP contribution in [-0.2, 0) is 6.18 Å². The largest absolute Gasteiger partial charge is 0.418 e. The highest BCUT2D eigenvalue weighted by molar-refractivity contribution is 5.97. The Bertz CT molecular complexity index is 1700. The van der Waals surface area contributed by atoms with E-state index in [2.05, 4.69) is 20.4 Å². The molecule has 0 spiro atoms. The molecule has 1 aliphatic rings. The second-order valence-electron chi connectivity index (χ2n) is 9.53. The second-order valence-corrected chi connectivity index (χ2v) is 9.53. The fourth-order valence-electron chi connectivity index (χ4n) is 4.84. The van der Waals surface area contributed by atoms with Gasteiger partial charge < -0.3 is 16.0 Å². The van der Waals surface area contributed by atoms with Crippen molar-refractivity contribution >= 4 is 23.1 Å². The number of carbonyl (C=O) groups is 2. The Labute approximate surface area is 228 Å². The van der Waals surface area contributed by atoms with Crippen molar-refractivity contribution in [2.24, 2.45) is 0 Å².